The highest BCUT2D eigenvalue weighted by molar-refractivity contribution is 7.14. The molecule has 0 radical (unpaired) electrons. The van der Waals surface area contributed by atoms with Crippen molar-refractivity contribution in [3.8, 4) is 0 Å². The van der Waals surface area contributed by atoms with Gasteiger partial charge >= 0.3 is 11.9 Å². The summed E-state index contributed by atoms with van der Waals surface area (Å²) in [5, 5.41) is 12.5. The minimum absolute atomic E-state index is 0.0235. The van der Waals surface area contributed by atoms with Crippen LogP contribution in [0.5, 0.6) is 0 Å². The van der Waals surface area contributed by atoms with Gasteiger partial charge in [-0.05, 0) is 19.9 Å². The third kappa shape index (κ3) is 8.50. The van der Waals surface area contributed by atoms with Crippen LogP contribution in [0.4, 0.5) is 5.13 Å². The number of hydrogen-bond donors (Lipinski definition) is 3. The van der Waals surface area contributed by atoms with Gasteiger partial charge in [0.2, 0.25) is 17.4 Å². The molecule has 37 heavy (non-hydrogen) atoms. The number of thiazole rings is 1. The van der Waals surface area contributed by atoms with Crippen molar-refractivity contribution < 1.29 is 38.3 Å². The van der Waals surface area contributed by atoms with Crippen molar-refractivity contribution in [1.82, 2.24) is 15.6 Å². The second-order valence-electron chi connectivity index (χ2n) is 9.67. The van der Waals surface area contributed by atoms with Crippen LogP contribution in [0.1, 0.15) is 19.5 Å². The molecular weight excluding hydrogens is 546 g/mol. The van der Waals surface area contributed by atoms with Crippen molar-refractivity contribution >= 4 is 71.5 Å². The van der Waals surface area contributed by atoms with Gasteiger partial charge in [0.05, 0.1) is 13.7 Å². The molecule has 1 fully saturated rings. The highest BCUT2D eigenvalue weighted by Crippen LogP contribution is 2.19. The number of methoxy groups -OCH3 is 1. The maximum Gasteiger partial charge on any atom is 0.352 e. The molecular formula is C21H30ClN5O8SSi. The fourth-order valence-electron chi connectivity index (χ4n) is 2.68. The van der Waals surface area contributed by atoms with Crippen LogP contribution in [0, 0.1) is 0 Å². The van der Waals surface area contributed by atoms with Gasteiger partial charge in [-0.2, -0.15) is 0 Å². The molecule has 3 amide bonds. The van der Waals surface area contributed by atoms with E-state index in [9.17, 15) is 24.0 Å². The molecule has 2 atom stereocenters. The van der Waals surface area contributed by atoms with Crippen LogP contribution >= 0.6 is 22.9 Å². The van der Waals surface area contributed by atoms with Gasteiger partial charge in [-0.25, -0.2) is 14.6 Å². The number of amides is 3. The largest absolute Gasteiger partial charge is 0.467 e. The molecule has 204 valence electrons. The maximum absolute atomic E-state index is 13.1. The summed E-state index contributed by atoms with van der Waals surface area (Å²) >= 11 is 6.48. The van der Waals surface area contributed by atoms with Gasteiger partial charge in [0.1, 0.15) is 17.6 Å². The second-order valence-corrected chi connectivity index (χ2v) is 16.4. The van der Waals surface area contributed by atoms with Crippen molar-refractivity contribution in [2.24, 2.45) is 5.16 Å². The van der Waals surface area contributed by atoms with Crippen LogP contribution in [0.2, 0.25) is 25.7 Å². The molecule has 1 aliphatic heterocycles. The molecule has 1 aromatic heterocycles. The molecule has 1 saturated heterocycles. The number of ether oxygens (including phenoxy) is 2. The lowest BCUT2D eigenvalue weighted by molar-refractivity contribution is -0.167. The molecule has 0 aliphatic carbocycles. The predicted molar refractivity (Wildman–Crippen MR) is 138 cm³/mol. The summed E-state index contributed by atoms with van der Waals surface area (Å²) in [4.78, 5) is 70.6. The number of carbonyl (C=O) groups is 5. The molecule has 2 rings (SSSR count). The first-order chi connectivity index (χ1) is 17.2. The molecule has 0 bridgehead atoms. The predicted octanol–water partition coefficient (Wildman–Crippen LogP) is 0.857. The van der Waals surface area contributed by atoms with E-state index >= 15 is 0 Å². The Morgan fingerprint density at radius 1 is 1.27 bits per heavy atom. The number of β-lactam (4-membered cyclic amide) rings is 1. The van der Waals surface area contributed by atoms with E-state index in [1.807, 2.05) is 0 Å². The van der Waals surface area contributed by atoms with Crippen molar-refractivity contribution in [2.75, 3.05) is 24.9 Å². The lowest BCUT2D eigenvalue weighted by Gasteiger charge is -2.34. The molecule has 13 nitrogen and oxygen atoms in total. The number of alkyl halides is 1. The average molecular weight is 576 g/mol. The third-order valence-electron chi connectivity index (χ3n) is 4.93. The molecule has 3 N–H and O–H groups in total. The summed E-state index contributed by atoms with van der Waals surface area (Å²) in [6.45, 7) is 9.48. The second kappa shape index (κ2) is 12.5. The lowest BCUT2D eigenvalue weighted by Crippen LogP contribution is -2.72. The summed E-state index contributed by atoms with van der Waals surface area (Å²) in [7, 11) is -0.294. The van der Waals surface area contributed by atoms with Crippen molar-refractivity contribution in [1.29, 1.82) is 0 Å². The first-order valence-corrected chi connectivity index (χ1v) is 16.2. The smallest absolute Gasteiger partial charge is 0.352 e. The topological polar surface area (TPSA) is 174 Å². The van der Waals surface area contributed by atoms with Gasteiger partial charge in [-0.3, -0.25) is 14.4 Å². The Hall–Kier alpha value is -3.04. The average Bonchev–Trinajstić information content (AvgIpc) is 3.27. The zero-order valence-electron chi connectivity index (χ0n) is 21.3. The molecule has 16 heteroatoms. The van der Waals surface area contributed by atoms with Gasteiger partial charge in [-0.15, -0.1) is 22.9 Å². The van der Waals surface area contributed by atoms with Gasteiger partial charge in [0, 0.05) is 13.5 Å². The lowest BCUT2D eigenvalue weighted by atomic mass is 9.99. The number of nitrogens with one attached hydrogen (secondary N) is 3. The number of anilines is 1. The van der Waals surface area contributed by atoms with E-state index in [-0.39, 0.29) is 23.3 Å². The summed E-state index contributed by atoms with van der Waals surface area (Å²) in [6, 6.07) is -1.55. The zero-order chi connectivity index (χ0) is 28.0. The molecule has 0 aromatic carbocycles. The van der Waals surface area contributed by atoms with Gasteiger partial charge in [0.25, 0.3) is 5.91 Å². The zero-order valence-corrected chi connectivity index (χ0v) is 23.9. The number of halogens is 1. The minimum atomic E-state index is -1.57. The Morgan fingerprint density at radius 3 is 2.51 bits per heavy atom. The molecule has 0 saturated carbocycles. The normalized spacial score (nSPS) is 17.7. The van der Waals surface area contributed by atoms with Crippen LogP contribution in [0.25, 0.3) is 0 Å². The van der Waals surface area contributed by atoms with E-state index in [1.54, 1.807) is 0 Å². The van der Waals surface area contributed by atoms with Crippen molar-refractivity contribution in [2.45, 2.75) is 57.2 Å². The van der Waals surface area contributed by atoms with E-state index < -0.39 is 61.1 Å². The van der Waals surface area contributed by atoms with Crippen molar-refractivity contribution in [3.63, 3.8) is 0 Å². The van der Waals surface area contributed by atoms with Crippen molar-refractivity contribution in [3.05, 3.63) is 11.1 Å². The first-order valence-electron chi connectivity index (χ1n) is 11.1. The van der Waals surface area contributed by atoms with Crippen LogP contribution in [0.3, 0.4) is 0 Å². The monoisotopic (exact) mass is 575 g/mol. The molecule has 2 heterocycles. The summed E-state index contributed by atoms with van der Waals surface area (Å²) in [5.74, 6) is -3.79. The summed E-state index contributed by atoms with van der Waals surface area (Å²) < 4.78 is 9.93. The Kier molecular flexibility index (Phi) is 10.2. The third-order valence-corrected chi connectivity index (χ3v) is 7.63. The fraction of sp³-hybridized carbons (Fsp3) is 0.571. The number of esters is 2. The van der Waals surface area contributed by atoms with Crippen LogP contribution in [-0.4, -0.2) is 85.7 Å². The van der Waals surface area contributed by atoms with Gasteiger partial charge in [0.15, 0.2) is 16.9 Å². The number of nitrogens with zero attached hydrogens (tertiary/aromatic N) is 2. The number of aromatic nitrogens is 1. The van der Waals surface area contributed by atoms with E-state index in [2.05, 4.69) is 50.5 Å². The van der Waals surface area contributed by atoms with E-state index in [4.69, 9.17) is 21.2 Å². The number of hydrogen-bond acceptors (Lipinski definition) is 11. The minimum Gasteiger partial charge on any atom is -0.467 e. The Morgan fingerprint density at radius 2 is 1.95 bits per heavy atom. The molecule has 0 spiro atoms. The Labute approximate surface area is 223 Å². The summed E-state index contributed by atoms with van der Waals surface area (Å²) in [5.41, 5.74) is -2.00. The van der Waals surface area contributed by atoms with Crippen LogP contribution < -0.4 is 16.0 Å². The number of oxime groups is 1. The fourth-order valence-corrected chi connectivity index (χ4v) is 4.17. The van der Waals surface area contributed by atoms with Gasteiger partial charge in [-0.1, -0.05) is 24.8 Å². The van der Waals surface area contributed by atoms with Gasteiger partial charge < -0.3 is 30.3 Å². The molecule has 1 aliphatic rings. The summed E-state index contributed by atoms with van der Waals surface area (Å²) in [6.07, 6.45) is 0. The Bertz CT molecular complexity index is 1090. The SMILES string of the molecule is COC(=O)[C@H]1NC(=O)[C@H]1NC(=O)C(=NOC(C)(C)C(=O)OCC[Si](C)(C)C)c1csc(NC(=O)CCl)n1. The highest BCUT2D eigenvalue weighted by atomic mass is 35.5. The number of rotatable bonds is 12. The van der Waals surface area contributed by atoms with E-state index in [0.29, 0.717) is 0 Å². The first kappa shape index (κ1) is 30.2. The molecule has 0 unspecified atom stereocenters. The standard InChI is InChI=1S/C21H30ClN5O8SSi/c1-21(2,19(32)34-7-8-37(4,5)6)35-27-13(11-10-36-20(23-11)24-12(28)9-22)16(29)25-14-15(18(31)33-3)26-17(14)30/h10,14-15H,7-9H2,1-6H3,(H,25,29)(H,26,30)(H,23,24,28)/t14-,15-/m0/s1. The van der Waals surface area contributed by atoms with Crippen LogP contribution in [0.15, 0.2) is 10.5 Å². The number of carbonyl (C=O) groups excluding carboxylic acids is 5. The van der Waals surface area contributed by atoms with E-state index in [0.717, 1.165) is 24.5 Å². The quantitative estimate of drug-likeness (QED) is 0.0815. The van der Waals surface area contributed by atoms with E-state index in [1.165, 1.54) is 19.2 Å². The molecule has 1 aromatic rings. The van der Waals surface area contributed by atoms with Crippen LogP contribution in [-0.2, 0) is 38.3 Å². The Balaban J connectivity index is 2.26. The maximum atomic E-state index is 13.1. The highest BCUT2D eigenvalue weighted by Gasteiger charge is 2.46.